The van der Waals surface area contributed by atoms with E-state index < -0.39 is 0 Å². The van der Waals surface area contributed by atoms with Crippen LogP contribution in [-0.2, 0) is 10.8 Å². The number of rotatable bonds is 1. The van der Waals surface area contributed by atoms with Gasteiger partial charge in [0.25, 0.3) is 5.56 Å². The molecule has 0 saturated carbocycles. The van der Waals surface area contributed by atoms with E-state index in [0.29, 0.717) is 15.2 Å². The summed E-state index contributed by atoms with van der Waals surface area (Å²) >= 11 is 1.41. The second-order valence-electron chi connectivity index (χ2n) is 10.5. The van der Waals surface area contributed by atoms with Crippen LogP contribution in [0.2, 0.25) is 0 Å². The number of imidazole rings is 1. The Labute approximate surface area is 186 Å². The van der Waals surface area contributed by atoms with Gasteiger partial charge in [-0.15, -0.1) is 0 Å². The van der Waals surface area contributed by atoms with Gasteiger partial charge in [0.15, 0.2) is 4.96 Å². The van der Waals surface area contributed by atoms with Crippen molar-refractivity contribution in [3.05, 3.63) is 67.0 Å². The lowest BCUT2D eigenvalue weighted by Crippen LogP contribution is -2.23. The highest BCUT2D eigenvalue weighted by atomic mass is 32.1. The topological polar surface area (TPSA) is 54.6 Å². The molecule has 1 N–H and O–H groups in total. The van der Waals surface area contributed by atoms with Crippen LogP contribution < -0.4 is 10.1 Å². The van der Waals surface area contributed by atoms with Gasteiger partial charge in [-0.3, -0.25) is 4.79 Å². The first-order valence-corrected chi connectivity index (χ1v) is 11.4. The summed E-state index contributed by atoms with van der Waals surface area (Å²) in [6, 6.07) is 8.01. The summed E-state index contributed by atoms with van der Waals surface area (Å²) in [5.41, 5.74) is 6.24. The van der Waals surface area contributed by atoms with Gasteiger partial charge in [0.1, 0.15) is 5.75 Å². The Balaban J connectivity index is 2.00. The van der Waals surface area contributed by atoms with Crippen molar-refractivity contribution in [2.75, 3.05) is 0 Å². The van der Waals surface area contributed by atoms with Crippen molar-refractivity contribution < 1.29 is 5.11 Å². The van der Waals surface area contributed by atoms with Crippen molar-refractivity contribution in [3.8, 4) is 5.75 Å². The molecule has 0 aliphatic rings. The summed E-state index contributed by atoms with van der Waals surface area (Å²) in [4.78, 5) is 18.7. The van der Waals surface area contributed by atoms with E-state index in [0.717, 1.165) is 33.3 Å². The molecule has 0 spiro atoms. The number of phenolic OH excluding ortho intramolecular Hbond substituents is 1. The van der Waals surface area contributed by atoms with Gasteiger partial charge in [-0.1, -0.05) is 58.9 Å². The number of hydrogen-bond donors (Lipinski definition) is 1. The molecule has 4 rings (SSSR count). The molecular formula is C26H30N2O2S. The molecule has 0 fully saturated rings. The third-order valence-corrected chi connectivity index (χ3v) is 6.95. The SMILES string of the molecule is Cc1ccc2c(nc3s/c(=C\c4cc(C(C)(C)C)c(O)c(C(C)(C)C)c4)c(=O)n32)c1C. The summed E-state index contributed by atoms with van der Waals surface area (Å²) in [7, 11) is 0. The van der Waals surface area contributed by atoms with Crippen LogP contribution in [0, 0.1) is 13.8 Å². The van der Waals surface area contributed by atoms with Gasteiger partial charge in [0.2, 0.25) is 0 Å². The molecule has 4 nitrogen and oxygen atoms in total. The van der Waals surface area contributed by atoms with E-state index in [-0.39, 0.29) is 16.4 Å². The first kappa shape index (κ1) is 21.6. The van der Waals surface area contributed by atoms with Crippen LogP contribution in [0.15, 0.2) is 29.1 Å². The van der Waals surface area contributed by atoms with Crippen LogP contribution in [0.3, 0.4) is 0 Å². The van der Waals surface area contributed by atoms with Crippen LogP contribution in [0.1, 0.15) is 69.4 Å². The number of aromatic nitrogens is 2. The normalized spacial score (nSPS) is 13.6. The maximum absolute atomic E-state index is 13.3. The van der Waals surface area contributed by atoms with Crippen LogP contribution in [-0.4, -0.2) is 14.5 Å². The molecule has 0 radical (unpaired) electrons. The zero-order chi connectivity index (χ0) is 22.9. The summed E-state index contributed by atoms with van der Waals surface area (Å²) in [6.45, 7) is 16.6. The fourth-order valence-electron chi connectivity index (χ4n) is 4.00. The molecule has 0 bridgehead atoms. The Kier molecular flexibility index (Phi) is 4.82. The summed E-state index contributed by atoms with van der Waals surface area (Å²) in [5.74, 6) is 0.345. The maximum atomic E-state index is 13.3. The fraction of sp³-hybridized carbons (Fsp3) is 0.385. The quantitative estimate of drug-likeness (QED) is 0.438. The van der Waals surface area contributed by atoms with Crippen LogP contribution in [0.4, 0.5) is 0 Å². The van der Waals surface area contributed by atoms with Crippen molar-refractivity contribution in [3.63, 3.8) is 0 Å². The van der Waals surface area contributed by atoms with Crippen molar-refractivity contribution in [1.29, 1.82) is 0 Å². The van der Waals surface area contributed by atoms with Gasteiger partial charge in [-0.25, -0.2) is 9.38 Å². The van der Waals surface area contributed by atoms with Crippen molar-refractivity contribution in [2.24, 2.45) is 0 Å². The van der Waals surface area contributed by atoms with Crippen molar-refractivity contribution >= 4 is 33.4 Å². The summed E-state index contributed by atoms with van der Waals surface area (Å²) in [5, 5.41) is 11.0. The molecule has 2 aromatic heterocycles. The Hall–Kier alpha value is -2.66. The first-order valence-electron chi connectivity index (χ1n) is 10.6. The number of hydrogen-bond acceptors (Lipinski definition) is 4. The average molecular weight is 435 g/mol. The molecule has 0 aliphatic heterocycles. The third kappa shape index (κ3) is 3.55. The minimum Gasteiger partial charge on any atom is -0.507 e. The largest absolute Gasteiger partial charge is 0.507 e. The number of phenols is 1. The molecule has 2 heterocycles. The summed E-state index contributed by atoms with van der Waals surface area (Å²) < 4.78 is 2.36. The van der Waals surface area contributed by atoms with Gasteiger partial charge in [0.05, 0.1) is 15.6 Å². The fourth-order valence-corrected chi connectivity index (χ4v) is 4.98. The first-order chi connectivity index (χ1) is 14.3. The highest BCUT2D eigenvalue weighted by Gasteiger charge is 2.26. The minimum absolute atomic E-state index is 0.0477. The van der Waals surface area contributed by atoms with Crippen LogP contribution >= 0.6 is 11.3 Å². The predicted molar refractivity (Wildman–Crippen MR) is 131 cm³/mol. The van der Waals surface area contributed by atoms with E-state index in [4.69, 9.17) is 4.98 Å². The smallest absolute Gasteiger partial charge is 0.274 e. The number of nitrogens with zero attached hydrogens (tertiary/aromatic N) is 2. The van der Waals surface area contributed by atoms with E-state index in [1.54, 1.807) is 4.40 Å². The second kappa shape index (κ2) is 6.92. The molecule has 2 aromatic carbocycles. The van der Waals surface area contributed by atoms with Crippen molar-refractivity contribution in [1.82, 2.24) is 9.38 Å². The number of aryl methyl sites for hydroxylation is 2. The number of fused-ring (bicyclic) bond motifs is 3. The zero-order valence-corrected chi connectivity index (χ0v) is 20.4. The van der Waals surface area contributed by atoms with E-state index in [1.165, 1.54) is 16.9 Å². The minimum atomic E-state index is -0.218. The monoisotopic (exact) mass is 434 g/mol. The Morgan fingerprint density at radius 1 is 1.00 bits per heavy atom. The van der Waals surface area contributed by atoms with Crippen LogP contribution in [0.25, 0.3) is 22.1 Å². The lowest BCUT2D eigenvalue weighted by Gasteiger charge is -2.27. The highest BCUT2D eigenvalue weighted by Crippen LogP contribution is 2.39. The Morgan fingerprint density at radius 3 is 2.13 bits per heavy atom. The molecule has 0 atom stereocenters. The average Bonchev–Trinajstić information content (AvgIpc) is 3.15. The molecule has 5 heteroatoms. The van der Waals surface area contributed by atoms with Gasteiger partial charge in [0, 0.05) is 11.1 Å². The van der Waals surface area contributed by atoms with Gasteiger partial charge >= 0.3 is 0 Å². The standard InChI is InChI=1S/C26H30N2O2S/c1-14-9-10-19-21(15(14)2)27-24-28(19)23(30)20(31-24)13-16-11-17(25(3,4)5)22(29)18(12-16)26(6,7)8/h9-13,29H,1-8H3/b20-13-. The number of aromatic hydroxyl groups is 1. The lowest BCUT2D eigenvalue weighted by atomic mass is 9.78. The predicted octanol–water partition coefficient (Wildman–Crippen LogP) is 5.37. The molecule has 31 heavy (non-hydrogen) atoms. The molecule has 0 aliphatic carbocycles. The molecular weight excluding hydrogens is 404 g/mol. The highest BCUT2D eigenvalue weighted by molar-refractivity contribution is 7.15. The van der Waals surface area contributed by atoms with Crippen LogP contribution in [0.5, 0.6) is 5.75 Å². The van der Waals surface area contributed by atoms with E-state index >= 15 is 0 Å². The molecule has 4 aromatic rings. The van der Waals surface area contributed by atoms with Gasteiger partial charge in [-0.2, -0.15) is 0 Å². The Morgan fingerprint density at radius 2 is 1.58 bits per heavy atom. The zero-order valence-electron chi connectivity index (χ0n) is 19.5. The summed E-state index contributed by atoms with van der Waals surface area (Å²) in [6.07, 6.45) is 1.93. The number of benzene rings is 2. The van der Waals surface area contributed by atoms with E-state index in [2.05, 4.69) is 48.5 Å². The van der Waals surface area contributed by atoms with Gasteiger partial charge in [-0.05, 0) is 65.6 Å². The van der Waals surface area contributed by atoms with Crippen molar-refractivity contribution in [2.45, 2.75) is 66.2 Å². The van der Waals surface area contributed by atoms with Gasteiger partial charge < -0.3 is 5.11 Å². The second-order valence-corrected chi connectivity index (χ2v) is 11.5. The maximum Gasteiger partial charge on any atom is 0.274 e. The molecule has 162 valence electrons. The number of thiazole rings is 1. The molecule has 0 unspecified atom stereocenters. The molecule has 0 saturated heterocycles. The Bertz CT molecular complexity index is 1410. The molecule has 0 amide bonds. The van der Waals surface area contributed by atoms with E-state index in [9.17, 15) is 9.90 Å². The third-order valence-electron chi connectivity index (χ3n) is 5.98. The lowest BCUT2D eigenvalue weighted by molar-refractivity contribution is 0.423. The van der Waals surface area contributed by atoms with E-state index in [1.807, 2.05) is 37.3 Å².